The summed E-state index contributed by atoms with van der Waals surface area (Å²) in [5.74, 6) is -3.57. The van der Waals surface area contributed by atoms with Gasteiger partial charge in [-0.3, -0.25) is 19.7 Å². The Morgan fingerprint density at radius 2 is 1.10 bits per heavy atom. The van der Waals surface area contributed by atoms with Gasteiger partial charge >= 0.3 is 0 Å². The standard InChI is InChI=1S/C15H9BrF2O.C15H9F2NO3/c16-12-4-2-11(3-5-12)15(19)6-1-10-7-13(17)9-14(18)8-10;16-12-6-10(7-13(17)9-12)4-5-15(19)11-2-1-3-14(8-11)18(20)21/h1-9H;1-9H. The molecule has 0 aliphatic heterocycles. The van der Waals surface area contributed by atoms with Gasteiger partial charge in [0.1, 0.15) is 23.3 Å². The monoisotopic (exact) mass is 611 g/mol. The highest BCUT2D eigenvalue weighted by molar-refractivity contribution is 9.10. The van der Waals surface area contributed by atoms with Crippen LogP contribution in [0.3, 0.4) is 0 Å². The van der Waals surface area contributed by atoms with Crippen LogP contribution >= 0.6 is 15.9 Å². The predicted molar refractivity (Wildman–Crippen MR) is 147 cm³/mol. The van der Waals surface area contributed by atoms with Crippen LogP contribution in [-0.4, -0.2) is 16.5 Å². The predicted octanol–water partition coefficient (Wildman–Crippen LogP) is 8.39. The van der Waals surface area contributed by atoms with Crippen molar-refractivity contribution in [1.29, 1.82) is 0 Å². The van der Waals surface area contributed by atoms with Crippen molar-refractivity contribution in [3.8, 4) is 0 Å². The van der Waals surface area contributed by atoms with E-state index >= 15 is 0 Å². The van der Waals surface area contributed by atoms with E-state index in [0.717, 1.165) is 53.0 Å². The Bertz CT molecular complexity index is 1580. The molecule has 0 saturated carbocycles. The minimum Gasteiger partial charge on any atom is -0.289 e. The van der Waals surface area contributed by atoms with E-state index in [0.29, 0.717) is 11.1 Å². The first-order valence-corrected chi connectivity index (χ1v) is 12.2. The summed E-state index contributed by atoms with van der Waals surface area (Å²) in [6, 6.07) is 18.0. The van der Waals surface area contributed by atoms with Gasteiger partial charge in [0.05, 0.1) is 4.92 Å². The lowest BCUT2D eigenvalue weighted by Crippen LogP contribution is -1.96. The van der Waals surface area contributed by atoms with Crippen molar-refractivity contribution in [3.63, 3.8) is 0 Å². The molecule has 5 nitrogen and oxygen atoms in total. The molecule has 0 spiro atoms. The summed E-state index contributed by atoms with van der Waals surface area (Å²) in [5.41, 5.74) is 0.925. The summed E-state index contributed by atoms with van der Waals surface area (Å²) in [6.07, 6.45) is 5.02. The molecular formula is C30H18BrF4NO4. The molecule has 0 aromatic heterocycles. The molecule has 0 radical (unpaired) electrons. The van der Waals surface area contributed by atoms with E-state index in [4.69, 9.17) is 0 Å². The minimum absolute atomic E-state index is 0.123. The Kier molecular flexibility index (Phi) is 10.4. The smallest absolute Gasteiger partial charge is 0.270 e. The molecule has 40 heavy (non-hydrogen) atoms. The second-order valence-corrected chi connectivity index (χ2v) is 9.03. The number of rotatable bonds is 7. The van der Waals surface area contributed by atoms with Crippen molar-refractivity contribution in [1.82, 2.24) is 0 Å². The number of ketones is 2. The van der Waals surface area contributed by atoms with Crippen molar-refractivity contribution in [2.24, 2.45) is 0 Å². The van der Waals surface area contributed by atoms with Gasteiger partial charge in [-0.05, 0) is 71.8 Å². The molecule has 0 amide bonds. The second kappa shape index (κ2) is 13.9. The van der Waals surface area contributed by atoms with Crippen LogP contribution in [0.15, 0.2) is 102 Å². The zero-order valence-corrected chi connectivity index (χ0v) is 21.9. The number of benzene rings is 4. The van der Waals surface area contributed by atoms with Crippen molar-refractivity contribution in [2.75, 3.05) is 0 Å². The van der Waals surface area contributed by atoms with E-state index in [-0.39, 0.29) is 22.6 Å². The van der Waals surface area contributed by atoms with Gasteiger partial charge < -0.3 is 0 Å². The van der Waals surface area contributed by atoms with Gasteiger partial charge in [-0.25, -0.2) is 17.6 Å². The quantitative estimate of drug-likeness (QED) is 0.0691. The zero-order chi connectivity index (χ0) is 29.2. The van der Waals surface area contributed by atoms with Crippen LogP contribution in [0.5, 0.6) is 0 Å². The highest BCUT2D eigenvalue weighted by atomic mass is 79.9. The molecular weight excluding hydrogens is 594 g/mol. The molecule has 0 N–H and O–H groups in total. The van der Waals surface area contributed by atoms with E-state index in [9.17, 15) is 37.3 Å². The fourth-order valence-corrected chi connectivity index (χ4v) is 3.53. The molecule has 0 bridgehead atoms. The molecule has 0 aliphatic rings. The molecule has 0 atom stereocenters. The van der Waals surface area contributed by atoms with Crippen LogP contribution in [0.4, 0.5) is 23.2 Å². The van der Waals surface area contributed by atoms with Crippen molar-refractivity contribution >= 4 is 45.3 Å². The number of nitro benzene ring substituents is 1. The fourth-order valence-electron chi connectivity index (χ4n) is 3.27. The number of hydrogen-bond donors (Lipinski definition) is 0. The van der Waals surface area contributed by atoms with Gasteiger partial charge in [-0.2, -0.15) is 0 Å². The summed E-state index contributed by atoms with van der Waals surface area (Å²) >= 11 is 3.27. The summed E-state index contributed by atoms with van der Waals surface area (Å²) in [6.45, 7) is 0. The zero-order valence-electron chi connectivity index (χ0n) is 20.4. The van der Waals surface area contributed by atoms with Crippen molar-refractivity contribution in [3.05, 3.63) is 157 Å². The first-order valence-electron chi connectivity index (χ1n) is 11.4. The molecule has 4 rings (SSSR count). The summed E-state index contributed by atoms with van der Waals surface area (Å²) in [7, 11) is 0. The molecule has 0 heterocycles. The summed E-state index contributed by atoms with van der Waals surface area (Å²) in [5, 5.41) is 10.6. The Morgan fingerprint density at radius 1 is 0.650 bits per heavy atom. The first kappa shape index (κ1) is 29.9. The van der Waals surface area contributed by atoms with Crippen LogP contribution in [0.2, 0.25) is 0 Å². The highest BCUT2D eigenvalue weighted by Gasteiger charge is 2.09. The Hall–Kier alpha value is -4.70. The third-order valence-corrected chi connectivity index (χ3v) is 5.62. The molecule has 0 fully saturated rings. The second-order valence-electron chi connectivity index (χ2n) is 8.12. The lowest BCUT2D eigenvalue weighted by molar-refractivity contribution is -0.384. The van der Waals surface area contributed by atoms with E-state index in [1.807, 2.05) is 0 Å². The summed E-state index contributed by atoms with van der Waals surface area (Å²) in [4.78, 5) is 33.7. The van der Waals surface area contributed by atoms with Gasteiger partial charge in [0.2, 0.25) is 0 Å². The Morgan fingerprint density at radius 3 is 1.55 bits per heavy atom. The fraction of sp³-hybridized carbons (Fsp3) is 0. The van der Waals surface area contributed by atoms with E-state index in [1.54, 1.807) is 24.3 Å². The van der Waals surface area contributed by atoms with Crippen molar-refractivity contribution in [2.45, 2.75) is 0 Å². The van der Waals surface area contributed by atoms with Crippen LogP contribution in [0.25, 0.3) is 12.2 Å². The van der Waals surface area contributed by atoms with Gasteiger partial charge in [0.15, 0.2) is 11.6 Å². The van der Waals surface area contributed by atoms with Crippen LogP contribution in [-0.2, 0) is 0 Å². The maximum atomic E-state index is 13.0. The highest BCUT2D eigenvalue weighted by Crippen LogP contribution is 2.16. The van der Waals surface area contributed by atoms with Gasteiger partial charge in [-0.15, -0.1) is 0 Å². The third kappa shape index (κ3) is 9.25. The van der Waals surface area contributed by atoms with E-state index in [1.165, 1.54) is 36.4 Å². The average Bonchev–Trinajstić information content (AvgIpc) is 2.90. The normalized spacial score (nSPS) is 10.8. The SMILES string of the molecule is O=C(C=Cc1cc(F)cc(F)c1)c1ccc(Br)cc1.O=C(C=Cc1cc(F)cc(F)c1)c1cccc([N+](=O)[O-])c1. The summed E-state index contributed by atoms with van der Waals surface area (Å²) < 4.78 is 52.8. The van der Waals surface area contributed by atoms with E-state index in [2.05, 4.69) is 15.9 Å². The van der Waals surface area contributed by atoms with E-state index < -0.39 is 34.0 Å². The molecule has 4 aromatic carbocycles. The maximum absolute atomic E-state index is 13.0. The molecule has 0 saturated heterocycles. The molecule has 202 valence electrons. The van der Waals surface area contributed by atoms with Gasteiger partial charge in [0.25, 0.3) is 5.69 Å². The molecule has 0 aliphatic carbocycles. The molecule has 0 unspecified atom stereocenters. The Labute approximate surface area is 234 Å². The number of carbonyl (C=O) groups is 2. The maximum Gasteiger partial charge on any atom is 0.270 e. The molecule has 4 aromatic rings. The largest absolute Gasteiger partial charge is 0.289 e. The number of carbonyl (C=O) groups excluding carboxylic acids is 2. The number of hydrogen-bond acceptors (Lipinski definition) is 4. The average molecular weight is 612 g/mol. The lowest BCUT2D eigenvalue weighted by atomic mass is 10.1. The minimum atomic E-state index is -0.752. The van der Waals surface area contributed by atoms with Crippen LogP contribution in [0.1, 0.15) is 31.8 Å². The van der Waals surface area contributed by atoms with Crippen molar-refractivity contribution < 1.29 is 32.1 Å². The third-order valence-electron chi connectivity index (χ3n) is 5.09. The number of non-ortho nitro benzene ring substituents is 1. The number of nitro groups is 1. The molecule has 10 heteroatoms. The van der Waals surface area contributed by atoms with Gasteiger partial charge in [0, 0.05) is 39.9 Å². The van der Waals surface area contributed by atoms with Crippen LogP contribution < -0.4 is 0 Å². The number of halogens is 5. The van der Waals surface area contributed by atoms with Crippen LogP contribution in [0, 0.1) is 33.4 Å². The topological polar surface area (TPSA) is 77.3 Å². The lowest BCUT2D eigenvalue weighted by Gasteiger charge is -1.97. The first-order chi connectivity index (χ1) is 19.0. The number of nitrogens with zero attached hydrogens (tertiary/aromatic N) is 1. The number of allylic oxidation sites excluding steroid dienone is 2. The Balaban J connectivity index is 0.000000222. The van der Waals surface area contributed by atoms with Gasteiger partial charge in [-0.1, -0.05) is 40.2 Å².